The number of hydrogen-bond acceptors (Lipinski definition) is 6. The average molecular weight is 819 g/mol. The van der Waals surface area contributed by atoms with Gasteiger partial charge in [-0.3, -0.25) is 13.8 Å². The van der Waals surface area contributed by atoms with Crippen molar-refractivity contribution in [2.75, 3.05) is 54.1 Å². The Hall–Kier alpha value is -0.500. The average Bonchev–Trinajstić information content (AvgIpc) is 3.15. The predicted octanol–water partition coefficient (Wildman–Crippen LogP) is 14.4. The van der Waals surface area contributed by atoms with E-state index in [1.165, 1.54) is 186 Å². The minimum Gasteiger partial charge on any atom is -0.457 e. The van der Waals surface area contributed by atoms with E-state index in [0.717, 1.165) is 32.1 Å². The van der Waals surface area contributed by atoms with E-state index in [4.69, 9.17) is 18.5 Å². The molecule has 0 aliphatic heterocycles. The highest BCUT2D eigenvalue weighted by molar-refractivity contribution is 7.47. The summed E-state index contributed by atoms with van der Waals surface area (Å²) in [4.78, 5) is 22.9. The van der Waals surface area contributed by atoms with Crippen molar-refractivity contribution in [1.29, 1.82) is 0 Å². The van der Waals surface area contributed by atoms with Gasteiger partial charge in [0.25, 0.3) is 0 Å². The first-order valence-electron chi connectivity index (χ1n) is 24.3. The molecule has 0 spiro atoms. The SMILES string of the molecule is CCCCCCCCCCCCCCCCCCCCCCCCC(=O)O[C@H](COCCCCCCCCCCCCCC)COP(=O)(O)OCC[N+](C)(C)C. The van der Waals surface area contributed by atoms with Gasteiger partial charge >= 0.3 is 13.8 Å². The molecule has 0 bridgehead atoms. The molecular weight excluding hydrogens is 721 g/mol. The second kappa shape index (κ2) is 41.2. The molecule has 2 atom stereocenters. The van der Waals surface area contributed by atoms with Crippen LogP contribution in [0.2, 0.25) is 0 Å². The van der Waals surface area contributed by atoms with Crippen molar-refractivity contribution < 1.29 is 37.3 Å². The predicted molar refractivity (Wildman–Crippen MR) is 238 cm³/mol. The zero-order valence-electron chi connectivity index (χ0n) is 38.2. The molecule has 0 aromatic rings. The van der Waals surface area contributed by atoms with Crippen LogP contribution in [0.4, 0.5) is 0 Å². The summed E-state index contributed by atoms with van der Waals surface area (Å²) in [6.07, 6.45) is 44.3. The van der Waals surface area contributed by atoms with E-state index >= 15 is 0 Å². The molecule has 0 aliphatic rings. The molecule has 0 aromatic carbocycles. The first-order chi connectivity index (χ1) is 27.1. The van der Waals surface area contributed by atoms with Crippen molar-refractivity contribution in [2.24, 2.45) is 0 Å². The Morgan fingerprint density at radius 2 is 0.821 bits per heavy atom. The molecule has 0 heterocycles. The van der Waals surface area contributed by atoms with E-state index in [-0.39, 0.29) is 25.8 Å². The van der Waals surface area contributed by atoms with E-state index in [2.05, 4.69) is 13.8 Å². The van der Waals surface area contributed by atoms with Gasteiger partial charge in [-0.1, -0.05) is 219 Å². The third kappa shape index (κ3) is 44.6. The minimum atomic E-state index is -4.27. The number of phosphoric acid groups is 1. The fraction of sp³-hybridized carbons (Fsp3) is 0.979. The van der Waals surface area contributed by atoms with Crippen molar-refractivity contribution in [3.63, 3.8) is 0 Å². The highest BCUT2D eigenvalue weighted by Gasteiger charge is 2.26. The molecule has 0 saturated heterocycles. The lowest BCUT2D eigenvalue weighted by Crippen LogP contribution is -2.37. The molecule has 1 unspecified atom stereocenters. The van der Waals surface area contributed by atoms with Crippen LogP contribution in [0.1, 0.15) is 239 Å². The van der Waals surface area contributed by atoms with Gasteiger partial charge in [-0.05, 0) is 12.8 Å². The molecule has 0 rings (SSSR count). The van der Waals surface area contributed by atoms with Crippen LogP contribution >= 0.6 is 7.82 Å². The minimum absolute atomic E-state index is 0.0939. The van der Waals surface area contributed by atoms with Gasteiger partial charge in [-0.15, -0.1) is 0 Å². The quantitative estimate of drug-likeness (QED) is 0.0283. The first-order valence-corrected chi connectivity index (χ1v) is 25.8. The van der Waals surface area contributed by atoms with E-state index < -0.39 is 13.9 Å². The highest BCUT2D eigenvalue weighted by atomic mass is 31.2. The van der Waals surface area contributed by atoms with Gasteiger partial charge < -0.3 is 18.9 Å². The van der Waals surface area contributed by atoms with Crippen molar-refractivity contribution >= 4 is 13.8 Å². The second-order valence-corrected chi connectivity index (χ2v) is 19.3. The Morgan fingerprint density at radius 1 is 0.482 bits per heavy atom. The number of esters is 1. The third-order valence-electron chi connectivity index (χ3n) is 10.9. The molecule has 0 radical (unpaired) electrons. The molecule has 8 nitrogen and oxygen atoms in total. The van der Waals surface area contributed by atoms with Crippen molar-refractivity contribution in [2.45, 2.75) is 245 Å². The van der Waals surface area contributed by atoms with Crippen LogP contribution in [0, 0.1) is 0 Å². The summed E-state index contributed by atoms with van der Waals surface area (Å²) in [7, 11) is 1.69. The maximum Gasteiger partial charge on any atom is 0.472 e. The lowest BCUT2D eigenvalue weighted by atomic mass is 10.0. The molecular formula is C47H97NO7P+. The smallest absolute Gasteiger partial charge is 0.457 e. The number of unbranched alkanes of at least 4 members (excludes halogenated alkanes) is 32. The zero-order valence-corrected chi connectivity index (χ0v) is 39.0. The van der Waals surface area contributed by atoms with Crippen LogP contribution in [0.25, 0.3) is 0 Å². The molecule has 0 aliphatic carbocycles. The topological polar surface area (TPSA) is 91.3 Å². The molecule has 56 heavy (non-hydrogen) atoms. The lowest BCUT2D eigenvalue weighted by Gasteiger charge is -2.24. The molecule has 1 N–H and O–H groups in total. The molecule has 0 fully saturated rings. The van der Waals surface area contributed by atoms with Crippen LogP contribution < -0.4 is 0 Å². The first kappa shape index (κ1) is 55.5. The summed E-state index contributed by atoms with van der Waals surface area (Å²) < 4.78 is 35.1. The Bertz CT molecular complexity index is 868. The number of phosphoric ester groups is 1. The number of hydrogen-bond donors (Lipinski definition) is 1. The second-order valence-electron chi connectivity index (χ2n) is 17.9. The molecule has 0 aromatic heterocycles. The van der Waals surface area contributed by atoms with Gasteiger partial charge in [0, 0.05) is 13.0 Å². The van der Waals surface area contributed by atoms with Gasteiger partial charge in [-0.25, -0.2) is 4.57 Å². The zero-order chi connectivity index (χ0) is 41.3. The normalized spacial score (nSPS) is 13.6. The maximum atomic E-state index is 12.7. The van der Waals surface area contributed by atoms with Crippen LogP contribution in [0.3, 0.4) is 0 Å². The van der Waals surface area contributed by atoms with Gasteiger partial charge in [0.1, 0.15) is 19.3 Å². The number of quaternary nitrogens is 1. The summed E-state index contributed by atoms with van der Waals surface area (Å²) >= 11 is 0. The van der Waals surface area contributed by atoms with E-state index in [1.807, 2.05) is 21.1 Å². The summed E-state index contributed by atoms with van der Waals surface area (Å²) in [5.74, 6) is -0.306. The number of likely N-dealkylation sites (N-methyl/N-ethyl adjacent to an activating group) is 1. The number of carbonyl (C=O) groups excluding carboxylic acids is 1. The molecule has 336 valence electrons. The highest BCUT2D eigenvalue weighted by Crippen LogP contribution is 2.43. The Labute approximate surface area is 348 Å². The molecule has 9 heteroatoms. The number of carbonyl (C=O) groups is 1. The Kier molecular flexibility index (Phi) is 40.9. The summed E-state index contributed by atoms with van der Waals surface area (Å²) in [6.45, 7) is 5.69. The summed E-state index contributed by atoms with van der Waals surface area (Å²) in [5, 5.41) is 0. The maximum absolute atomic E-state index is 12.7. The van der Waals surface area contributed by atoms with Gasteiger partial charge in [0.15, 0.2) is 0 Å². The third-order valence-corrected chi connectivity index (χ3v) is 11.9. The van der Waals surface area contributed by atoms with Crippen LogP contribution in [0.15, 0.2) is 0 Å². The van der Waals surface area contributed by atoms with Crippen LogP contribution in [0.5, 0.6) is 0 Å². The standard InChI is InChI=1S/C47H96NO7P/c1-6-8-10-12-14-16-18-20-21-22-23-24-25-26-27-28-29-30-32-34-36-38-40-47(49)55-46(45-54-56(50,51)53-43-41-48(3,4)5)44-52-42-39-37-35-33-31-19-17-15-13-11-9-7-2/h46H,6-45H2,1-5H3/p+1/t46-/m1/s1. The largest absolute Gasteiger partial charge is 0.472 e. The molecule has 0 amide bonds. The number of rotatable bonds is 46. The van der Waals surface area contributed by atoms with E-state index in [9.17, 15) is 14.3 Å². The number of ether oxygens (including phenoxy) is 2. The van der Waals surface area contributed by atoms with Gasteiger partial charge in [-0.2, -0.15) is 0 Å². The van der Waals surface area contributed by atoms with Crippen LogP contribution in [-0.4, -0.2) is 75.6 Å². The van der Waals surface area contributed by atoms with E-state index in [0.29, 0.717) is 24.1 Å². The van der Waals surface area contributed by atoms with Gasteiger partial charge in [0.2, 0.25) is 0 Å². The lowest BCUT2D eigenvalue weighted by molar-refractivity contribution is -0.870. The fourth-order valence-corrected chi connectivity index (χ4v) is 7.89. The summed E-state index contributed by atoms with van der Waals surface area (Å²) in [6, 6.07) is 0. The van der Waals surface area contributed by atoms with Crippen LogP contribution in [-0.2, 0) is 27.9 Å². The van der Waals surface area contributed by atoms with Gasteiger partial charge in [0.05, 0.1) is 34.4 Å². The Balaban J connectivity index is 4.05. The van der Waals surface area contributed by atoms with Crippen molar-refractivity contribution in [3.05, 3.63) is 0 Å². The molecule has 0 saturated carbocycles. The number of nitrogens with zero attached hydrogens (tertiary/aromatic N) is 1. The fourth-order valence-electron chi connectivity index (χ4n) is 7.14. The van der Waals surface area contributed by atoms with Crippen molar-refractivity contribution in [3.8, 4) is 0 Å². The Morgan fingerprint density at radius 3 is 1.18 bits per heavy atom. The monoisotopic (exact) mass is 819 g/mol. The summed E-state index contributed by atoms with van der Waals surface area (Å²) in [5.41, 5.74) is 0. The van der Waals surface area contributed by atoms with E-state index in [1.54, 1.807) is 0 Å². The van der Waals surface area contributed by atoms with Crippen molar-refractivity contribution in [1.82, 2.24) is 0 Å².